The van der Waals surface area contributed by atoms with E-state index >= 15 is 0 Å². The van der Waals surface area contributed by atoms with Gasteiger partial charge in [0.15, 0.2) is 10.5 Å². The number of benzene rings is 1. The Hall–Kier alpha value is -1.56. The monoisotopic (exact) mass is 358 g/mol. The maximum Gasteiger partial charge on any atom is 0.245 e. The number of rotatable bonds is 6. The van der Waals surface area contributed by atoms with Crippen molar-refractivity contribution in [2.75, 3.05) is 5.88 Å². The molecule has 116 valence electrons. The number of amides is 1. The zero-order valence-electron chi connectivity index (χ0n) is 11.4. The number of alkyl halides is 3. The minimum atomic E-state index is -1.43. The highest BCUT2D eigenvalue weighted by molar-refractivity contribution is 6.51. The zero-order chi connectivity index (χ0) is 16.0. The fourth-order valence-corrected chi connectivity index (χ4v) is 2.16. The summed E-state index contributed by atoms with van der Waals surface area (Å²) >= 11 is 18.1. The highest BCUT2D eigenvalue weighted by Crippen LogP contribution is 2.33. The quantitative estimate of drug-likeness (QED) is 0.637. The van der Waals surface area contributed by atoms with Crippen molar-refractivity contribution in [1.82, 2.24) is 20.1 Å². The Labute approximate surface area is 142 Å². The normalized spacial score (nSPS) is 13.2. The molecule has 1 N–H and O–H groups in total. The van der Waals surface area contributed by atoms with E-state index in [-0.39, 0.29) is 11.8 Å². The first-order valence-electron chi connectivity index (χ1n) is 6.34. The molecule has 22 heavy (non-hydrogen) atoms. The van der Waals surface area contributed by atoms with E-state index in [0.717, 1.165) is 5.56 Å². The molecule has 1 aromatic carbocycles. The van der Waals surface area contributed by atoms with Crippen LogP contribution >= 0.6 is 34.8 Å². The Balaban J connectivity index is 2.11. The van der Waals surface area contributed by atoms with E-state index in [9.17, 15) is 4.79 Å². The van der Waals surface area contributed by atoms with Gasteiger partial charge in [-0.2, -0.15) is 5.10 Å². The van der Waals surface area contributed by atoms with Crippen molar-refractivity contribution in [1.29, 1.82) is 0 Å². The van der Waals surface area contributed by atoms with Gasteiger partial charge in [-0.15, -0.1) is 11.6 Å². The second kappa shape index (κ2) is 7.63. The van der Waals surface area contributed by atoms with E-state index in [0.29, 0.717) is 0 Å². The van der Waals surface area contributed by atoms with Crippen molar-refractivity contribution < 1.29 is 4.79 Å². The Morgan fingerprint density at radius 3 is 2.68 bits per heavy atom. The maximum atomic E-state index is 12.1. The molecule has 0 radical (unpaired) electrons. The van der Waals surface area contributed by atoms with Gasteiger partial charge >= 0.3 is 0 Å². The smallest absolute Gasteiger partial charge is 0.245 e. The third kappa shape index (κ3) is 4.47. The molecule has 0 aliphatic rings. The lowest BCUT2D eigenvalue weighted by Crippen LogP contribution is -2.43. The third-order valence-electron chi connectivity index (χ3n) is 2.79. The summed E-state index contributed by atoms with van der Waals surface area (Å²) in [6, 6.07) is 9.42. The van der Waals surface area contributed by atoms with Crippen LogP contribution in [0.1, 0.15) is 11.7 Å². The average Bonchev–Trinajstić information content (AvgIpc) is 3.05. The molecule has 1 amide bonds. The summed E-state index contributed by atoms with van der Waals surface area (Å²) in [5.74, 6) is -0.469. The molecule has 0 saturated heterocycles. The van der Waals surface area contributed by atoms with E-state index in [1.807, 2.05) is 30.3 Å². The summed E-state index contributed by atoms with van der Waals surface area (Å²) in [6.45, 7) is 0. The molecule has 1 atom stereocenters. The predicted octanol–water partition coefficient (Wildman–Crippen LogP) is 3.02. The Kier molecular flexibility index (Phi) is 5.83. The number of carbonyl (C=O) groups is 1. The second-order valence-electron chi connectivity index (χ2n) is 4.43. The molecule has 2 rings (SSSR count). The van der Waals surface area contributed by atoms with E-state index in [1.165, 1.54) is 23.4 Å². The van der Waals surface area contributed by atoms with E-state index < -0.39 is 10.5 Å². The molecule has 0 spiro atoms. The summed E-state index contributed by atoms with van der Waals surface area (Å²) in [4.78, 5) is 15.9. The number of nitrogens with one attached hydrogen (secondary N) is 1. The largest absolute Gasteiger partial charge is 0.328 e. The average molecular weight is 360 g/mol. The molecule has 8 heteroatoms. The van der Waals surface area contributed by atoms with Crippen LogP contribution in [0.3, 0.4) is 0 Å². The number of halogens is 3. The van der Waals surface area contributed by atoms with Gasteiger partial charge in [0, 0.05) is 6.08 Å². The van der Waals surface area contributed by atoms with E-state index in [4.69, 9.17) is 34.8 Å². The summed E-state index contributed by atoms with van der Waals surface area (Å²) < 4.78 is -0.0812. The van der Waals surface area contributed by atoms with E-state index in [2.05, 4.69) is 15.4 Å². The molecule has 2 aromatic rings. The molecule has 1 unspecified atom stereocenters. The minimum absolute atomic E-state index is 0.0939. The van der Waals surface area contributed by atoms with Gasteiger partial charge in [0.25, 0.3) is 0 Å². The van der Waals surface area contributed by atoms with Crippen LogP contribution in [-0.4, -0.2) is 30.9 Å². The molecule has 0 aliphatic heterocycles. The molecular weight excluding hydrogens is 347 g/mol. The van der Waals surface area contributed by atoms with Crippen LogP contribution in [-0.2, 0) is 4.79 Å². The van der Waals surface area contributed by atoms with E-state index in [1.54, 1.807) is 6.08 Å². The van der Waals surface area contributed by atoms with Crippen LogP contribution < -0.4 is 5.32 Å². The Bertz CT molecular complexity index is 629. The summed E-state index contributed by atoms with van der Waals surface area (Å²) in [7, 11) is 0. The molecule has 1 aromatic heterocycles. The molecule has 0 saturated carbocycles. The fraction of sp³-hybridized carbons (Fsp3) is 0.214. The van der Waals surface area contributed by atoms with Crippen molar-refractivity contribution in [2.45, 2.75) is 10.5 Å². The number of aromatic nitrogens is 3. The van der Waals surface area contributed by atoms with Crippen LogP contribution in [0.15, 0.2) is 49.1 Å². The van der Waals surface area contributed by atoms with Gasteiger partial charge < -0.3 is 5.32 Å². The van der Waals surface area contributed by atoms with Crippen LogP contribution in [0.25, 0.3) is 6.08 Å². The van der Waals surface area contributed by atoms with Gasteiger partial charge in [-0.1, -0.05) is 53.5 Å². The zero-order valence-corrected chi connectivity index (χ0v) is 13.6. The number of hydrogen-bond acceptors (Lipinski definition) is 3. The first-order valence-corrected chi connectivity index (χ1v) is 7.63. The number of hydrogen-bond donors (Lipinski definition) is 1. The standard InChI is InChI=1S/C14H13Cl3N4O/c15-8-14(16,17)13(21-10-18-9-19-21)20-12(22)7-6-11-4-2-1-3-5-11/h1-7,9-10,13H,8H2,(H,20,22). The molecule has 5 nitrogen and oxygen atoms in total. The first-order chi connectivity index (χ1) is 10.5. The van der Waals surface area contributed by atoms with Crippen molar-refractivity contribution in [2.24, 2.45) is 0 Å². The molecule has 1 heterocycles. The maximum absolute atomic E-state index is 12.1. The Morgan fingerprint density at radius 2 is 2.09 bits per heavy atom. The van der Waals surface area contributed by atoms with Crippen molar-refractivity contribution >= 4 is 46.8 Å². The summed E-state index contributed by atoms with van der Waals surface area (Å²) in [6.07, 6.45) is 4.94. The first kappa shape index (κ1) is 16.8. The lowest BCUT2D eigenvalue weighted by Gasteiger charge is -2.28. The lowest BCUT2D eigenvalue weighted by atomic mass is 10.2. The van der Waals surface area contributed by atoms with Gasteiger partial charge in [-0.05, 0) is 11.6 Å². The summed E-state index contributed by atoms with van der Waals surface area (Å²) in [5.41, 5.74) is 0.898. The van der Waals surface area contributed by atoms with Crippen molar-refractivity contribution in [3.05, 3.63) is 54.6 Å². The number of nitrogens with zero attached hydrogens (tertiary/aromatic N) is 3. The molecular formula is C14H13Cl3N4O. The minimum Gasteiger partial charge on any atom is -0.328 e. The molecule has 0 fully saturated rings. The SMILES string of the molecule is O=C(C=Cc1ccccc1)NC(n1cncn1)C(Cl)(Cl)CCl. The Morgan fingerprint density at radius 1 is 1.36 bits per heavy atom. The highest BCUT2D eigenvalue weighted by Gasteiger charge is 2.37. The predicted molar refractivity (Wildman–Crippen MR) is 87.8 cm³/mol. The topological polar surface area (TPSA) is 59.8 Å². The lowest BCUT2D eigenvalue weighted by molar-refractivity contribution is -0.117. The van der Waals surface area contributed by atoms with Crippen LogP contribution in [0.5, 0.6) is 0 Å². The van der Waals surface area contributed by atoms with Crippen LogP contribution in [0, 0.1) is 0 Å². The summed E-state index contributed by atoms with van der Waals surface area (Å²) in [5, 5.41) is 6.61. The fourth-order valence-electron chi connectivity index (χ4n) is 1.71. The van der Waals surface area contributed by atoms with Crippen LogP contribution in [0.4, 0.5) is 0 Å². The second-order valence-corrected chi connectivity index (χ2v) is 6.23. The van der Waals surface area contributed by atoms with Crippen molar-refractivity contribution in [3.63, 3.8) is 0 Å². The third-order valence-corrected chi connectivity index (χ3v) is 4.16. The number of carbonyl (C=O) groups excluding carboxylic acids is 1. The van der Waals surface area contributed by atoms with Crippen LogP contribution in [0.2, 0.25) is 0 Å². The van der Waals surface area contributed by atoms with Crippen molar-refractivity contribution in [3.8, 4) is 0 Å². The van der Waals surface area contributed by atoms with Gasteiger partial charge in [0.2, 0.25) is 5.91 Å². The molecule has 0 aliphatic carbocycles. The highest BCUT2D eigenvalue weighted by atomic mass is 35.5. The van der Waals surface area contributed by atoms with Gasteiger partial charge in [0.05, 0.1) is 5.88 Å². The van der Waals surface area contributed by atoms with Gasteiger partial charge in [-0.25, -0.2) is 9.67 Å². The van der Waals surface area contributed by atoms with Gasteiger partial charge in [0.1, 0.15) is 12.7 Å². The molecule has 0 bridgehead atoms. The van der Waals surface area contributed by atoms with Gasteiger partial charge in [-0.3, -0.25) is 4.79 Å².